The molecule has 0 aliphatic heterocycles. The number of allylic oxidation sites excluding steroid dienone is 2. The Morgan fingerprint density at radius 2 is 0.660 bits per heavy atom. The predicted octanol–water partition coefficient (Wildman–Crippen LogP) is 16.9. The van der Waals surface area contributed by atoms with Crippen molar-refractivity contribution in [1.82, 2.24) is 4.90 Å². The Morgan fingerprint density at radius 3 is 1.02 bits per heavy atom. The van der Waals surface area contributed by atoms with Crippen molar-refractivity contribution in [2.24, 2.45) is 5.92 Å². The van der Waals surface area contributed by atoms with Crippen LogP contribution in [0.4, 0.5) is 0 Å². The molecule has 0 radical (unpaired) electrons. The molecule has 3 heteroatoms. The van der Waals surface area contributed by atoms with Crippen LogP contribution in [0.2, 0.25) is 0 Å². The lowest BCUT2D eigenvalue weighted by Crippen LogP contribution is -2.37. The van der Waals surface area contributed by atoms with Gasteiger partial charge in [0, 0.05) is 19.0 Å². The van der Waals surface area contributed by atoms with Gasteiger partial charge in [0.15, 0.2) is 0 Å². The molecule has 0 aromatic heterocycles. The zero-order valence-corrected chi connectivity index (χ0v) is 35.9. The highest BCUT2D eigenvalue weighted by atomic mass is 35.5. The Bertz CT molecular complexity index is 664. The third kappa shape index (κ3) is 37.3. The summed E-state index contributed by atoms with van der Waals surface area (Å²) < 4.78 is 0. The van der Waals surface area contributed by atoms with E-state index in [-0.39, 0.29) is 18.3 Å². The second-order valence-corrected chi connectivity index (χ2v) is 15.9. The van der Waals surface area contributed by atoms with Crippen molar-refractivity contribution >= 4 is 18.3 Å². The highest BCUT2D eigenvalue weighted by Gasteiger charge is 2.23. The SMILES string of the molecule is CCCCCCCC/C=C\CCCCCCC(CCCCCCCCCCCCCC)C(=O)N(CCCC)CCCCCCCCCCC.Cl. The molecule has 0 N–H and O–H groups in total. The molecule has 0 fully saturated rings. The Labute approximate surface area is 323 Å². The van der Waals surface area contributed by atoms with Gasteiger partial charge in [0.2, 0.25) is 5.91 Å². The molecule has 0 spiro atoms. The largest absolute Gasteiger partial charge is 0.342 e. The van der Waals surface area contributed by atoms with E-state index in [1.807, 2.05) is 0 Å². The fraction of sp³-hybridized carbons (Fsp3) is 0.936. The van der Waals surface area contributed by atoms with E-state index in [4.69, 9.17) is 0 Å². The molecule has 50 heavy (non-hydrogen) atoms. The predicted molar refractivity (Wildman–Crippen MR) is 230 cm³/mol. The highest BCUT2D eigenvalue weighted by molar-refractivity contribution is 5.85. The molecule has 1 unspecified atom stereocenters. The quantitative estimate of drug-likeness (QED) is 0.0454. The van der Waals surface area contributed by atoms with Gasteiger partial charge in [-0.15, -0.1) is 12.4 Å². The molecule has 0 aliphatic carbocycles. The highest BCUT2D eigenvalue weighted by Crippen LogP contribution is 2.23. The number of carbonyl (C=O) groups is 1. The molecule has 0 bridgehead atoms. The van der Waals surface area contributed by atoms with Crippen LogP contribution < -0.4 is 0 Å². The summed E-state index contributed by atoms with van der Waals surface area (Å²) in [6, 6.07) is 0. The summed E-state index contributed by atoms with van der Waals surface area (Å²) in [6.07, 6.45) is 54.2. The fourth-order valence-corrected chi connectivity index (χ4v) is 7.46. The normalized spacial score (nSPS) is 12.1. The van der Waals surface area contributed by atoms with Gasteiger partial charge in [-0.25, -0.2) is 0 Å². The van der Waals surface area contributed by atoms with Crippen LogP contribution in [0.1, 0.15) is 265 Å². The van der Waals surface area contributed by atoms with E-state index in [0.717, 1.165) is 32.4 Å². The van der Waals surface area contributed by atoms with Gasteiger partial charge in [-0.2, -0.15) is 0 Å². The fourth-order valence-electron chi connectivity index (χ4n) is 7.46. The molecular weight excluding hydrogens is 630 g/mol. The lowest BCUT2D eigenvalue weighted by Gasteiger charge is -2.28. The van der Waals surface area contributed by atoms with Gasteiger partial charge in [0.25, 0.3) is 0 Å². The molecule has 300 valence electrons. The lowest BCUT2D eigenvalue weighted by molar-refractivity contribution is -0.136. The van der Waals surface area contributed by atoms with Gasteiger partial charge < -0.3 is 4.90 Å². The molecule has 1 atom stereocenters. The van der Waals surface area contributed by atoms with Gasteiger partial charge in [0.1, 0.15) is 0 Å². The number of nitrogens with zero attached hydrogens (tertiary/aromatic N) is 1. The van der Waals surface area contributed by atoms with Crippen LogP contribution in [-0.2, 0) is 4.79 Å². The smallest absolute Gasteiger partial charge is 0.225 e. The summed E-state index contributed by atoms with van der Waals surface area (Å²) in [4.78, 5) is 16.3. The number of halogens is 1. The lowest BCUT2D eigenvalue weighted by atomic mass is 9.92. The minimum absolute atomic E-state index is 0. The number of amides is 1. The van der Waals surface area contributed by atoms with E-state index < -0.39 is 0 Å². The summed E-state index contributed by atoms with van der Waals surface area (Å²) in [6.45, 7) is 11.1. The van der Waals surface area contributed by atoms with E-state index in [1.165, 1.54) is 218 Å². The summed E-state index contributed by atoms with van der Waals surface area (Å²) in [7, 11) is 0. The Hall–Kier alpha value is -0.500. The zero-order valence-electron chi connectivity index (χ0n) is 35.1. The van der Waals surface area contributed by atoms with Crippen molar-refractivity contribution in [3.8, 4) is 0 Å². The van der Waals surface area contributed by atoms with E-state index in [9.17, 15) is 4.79 Å². The van der Waals surface area contributed by atoms with Gasteiger partial charge >= 0.3 is 0 Å². The molecule has 0 rings (SSSR count). The van der Waals surface area contributed by atoms with E-state index >= 15 is 0 Å². The first-order valence-corrected chi connectivity index (χ1v) is 23.1. The van der Waals surface area contributed by atoms with Crippen molar-refractivity contribution in [3.05, 3.63) is 12.2 Å². The Morgan fingerprint density at radius 1 is 0.380 bits per heavy atom. The minimum atomic E-state index is 0. The first-order valence-electron chi connectivity index (χ1n) is 23.1. The molecule has 2 nitrogen and oxygen atoms in total. The first kappa shape index (κ1) is 51.6. The van der Waals surface area contributed by atoms with Crippen molar-refractivity contribution in [2.75, 3.05) is 13.1 Å². The molecule has 0 aromatic rings. The summed E-state index contributed by atoms with van der Waals surface area (Å²) in [5.41, 5.74) is 0. The molecule has 0 saturated heterocycles. The number of carbonyl (C=O) groups excluding carboxylic acids is 1. The monoisotopic (exact) mass is 724 g/mol. The third-order valence-electron chi connectivity index (χ3n) is 10.9. The number of hydrogen-bond donors (Lipinski definition) is 0. The van der Waals surface area contributed by atoms with Crippen LogP contribution in [0, 0.1) is 5.92 Å². The minimum Gasteiger partial charge on any atom is -0.342 e. The Balaban J connectivity index is 0. The standard InChI is InChI=1S/C47H93NO.ClH/c1-5-9-13-16-19-22-24-26-27-29-31-34-37-40-43-46(42-39-36-33-30-28-25-23-20-17-14-10-6-2)47(49)48(44-12-8-4)45-41-38-35-32-21-18-15-11-7-3;/h26-27,46H,5-25,28-45H2,1-4H3;1H/b27-26-;. The average molecular weight is 725 g/mol. The third-order valence-corrected chi connectivity index (χ3v) is 10.9. The summed E-state index contributed by atoms with van der Waals surface area (Å²) in [5, 5.41) is 0. The van der Waals surface area contributed by atoms with Crippen LogP contribution in [0.5, 0.6) is 0 Å². The Kier molecular flexibility index (Phi) is 46.1. The second kappa shape index (κ2) is 44.7. The molecular formula is C47H94ClNO. The number of rotatable bonds is 41. The van der Waals surface area contributed by atoms with Crippen LogP contribution in [0.15, 0.2) is 12.2 Å². The topological polar surface area (TPSA) is 20.3 Å². The van der Waals surface area contributed by atoms with E-state index in [1.54, 1.807) is 0 Å². The van der Waals surface area contributed by atoms with Gasteiger partial charge in [-0.1, -0.05) is 226 Å². The maximum absolute atomic E-state index is 14.0. The molecule has 0 aromatic carbocycles. The van der Waals surface area contributed by atoms with Crippen molar-refractivity contribution in [2.45, 2.75) is 265 Å². The van der Waals surface area contributed by atoms with Gasteiger partial charge in [-0.3, -0.25) is 4.79 Å². The molecule has 0 heterocycles. The number of unbranched alkanes of at least 4 members (excludes halogenated alkanes) is 30. The number of hydrogen-bond acceptors (Lipinski definition) is 1. The van der Waals surface area contributed by atoms with Crippen molar-refractivity contribution < 1.29 is 4.79 Å². The van der Waals surface area contributed by atoms with Crippen LogP contribution in [0.25, 0.3) is 0 Å². The van der Waals surface area contributed by atoms with Crippen LogP contribution in [0.3, 0.4) is 0 Å². The molecule has 0 aliphatic rings. The van der Waals surface area contributed by atoms with E-state index in [0.29, 0.717) is 5.91 Å². The van der Waals surface area contributed by atoms with Crippen molar-refractivity contribution in [3.63, 3.8) is 0 Å². The summed E-state index contributed by atoms with van der Waals surface area (Å²) in [5.74, 6) is 0.768. The van der Waals surface area contributed by atoms with Crippen molar-refractivity contribution in [1.29, 1.82) is 0 Å². The molecule has 1 amide bonds. The first-order chi connectivity index (χ1) is 24.2. The van der Waals surface area contributed by atoms with Crippen LogP contribution >= 0.6 is 12.4 Å². The van der Waals surface area contributed by atoms with Gasteiger partial charge in [-0.05, 0) is 51.4 Å². The second-order valence-electron chi connectivity index (χ2n) is 15.9. The van der Waals surface area contributed by atoms with Crippen LogP contribution in [-0.4, -0.2) is 23.9 Å². The zero-order chi connectivity index (χ0) is 35.7. The maximum atomic E-state index is 14.0. The molecule has 0 saturated carbocycles. The summed E-state index contributed by atoms with van der Waals surface area (Å²) >= 11 is 0. The average Bonchev–Trinajstić information content (AvgIpc) is 3.11. The maximum Gasteiger partial charge on any atom is 0.225 e. The van der Waals surface area contributed by atoms with E-state index in [2.05, 4.69) is 44.7 Å². The van der Waals surface area contributed by atoms with Gasteiger partial charge in [0.05, 0.1) is 0 Å².